The molecule has 0 unspecified atom stereocenters. The maximum Gasteiger partial charge on any atom is 0.321 e. The van der Waals surface area contributed by atoms with Crippen molar-refractivity contribution in [3.63, 3.8) is 0 Å². The van der Waals surface area contributed by atoms with Crippen molar-refractivity contribution in [3.05, 3.63) is 84.9 Å². The first-order valence-corrected chi connectivity index (χ1v) is 11.4. The number of benzene rings is 2. The molecule has 8 heteroatoms. The highest BCUT2D eigenvalue weighted by Crippen LogP contribution is 2.32. The summed E-state index contributed by atoms with van der Waals surface area (Å²) in [6, 6.07) is 23.4. The highest BCUT2D eigenvalue weighted by molar-refractivity contribution is 5.94. The van der Waals surface area contributed by atoms with Gasteiger partial charge >= 0.3 is 6.03 Å². The smallest absolute Gasteiger partial charge is 0.321 e. The van der Waals surface area contributed by atoms with Crippen molar-refractivity contribution >= 4 is 23.1 Å². The van der Waals surface area contributed by atoms with Crippen molar-refractivity contribution in [1.29, 1.82) is 0 Å². The number of carbonyl (C=O) groups excluding carboxylic acids is 1. The quantitative estimate of drug-likeness (QED) is 0.440. The number of piperidine rings is 1. The summed E-state index contributed by atoms with van der Waals surface area (Å²) < 4.78 is 5.51. The van der Waals surface area contributed by atoms with Gasteiger partial charge in [0.15, 0.2) is 0 Å². The number of likely N-dealkylation sites (tertiary alicyclic amines) is 1. The molecular formula is C26H26N6O2. The lowest BCUT2D eigenvalue weighted by Crippen LogP contribution is -2.40. The molecule has 1 aliphatic rings. The fourth-order valence-corrected chi connectivity index (χ4v) is 4.19. The molecule has 0 saturated carbocycles. The number of urea groups is 1. The predicted octanol–water partition coefficient (Wildman–Crippen LogP) is 5.31. The maximum atomic E-state index is 13.0. The second-order valence-corrected chi connectivity index (χ2v) is 8.27. The summed E-state index contributed by atoms with van der Waals surface area (Å²) in [6.45, 7) is 1.24. The Balaban J connectivity index is 1.22. The Hall–Kier alpha value is -4.20. The molecule has 172 valence electrons. The van der Waals surface area contributed by atoms with E-state index in [1.165, 1.54) is 0 Å². The highest BCUT2D eigenvalue weighted by Gasteiger charge is 2.28. The van der Waals surface area contributed by atoms with Crippen LogP contribution in [0.4, 0.5) is 21.9 Å². The Morgan fingerprint density at radius 2 is 1.74 bits per heavy atom. The SMILES string of the molecule is CN(c1ccccc1)c1ccccc1NC(=O)N1CCC(c2nc(-c3ccccn3)no2)CC1. The van der Waals surface area contributed by atoms with Crippen LogP contribution in [-0.2, 0) is 0 Å². The molecule has 0 spiro atoms. The van der Waals surface area contributed by atoms with Crippen molar-refractivity contribution in [2.75, 3.05) is 30.4 Å². The van der Waals surface area contributed by atoms with Gasteiger partial charge in [-0.3, -0.25) is 4.98 Å². The lowest BCUT2D eigenvalue weighted by atomic mass is 9.97. The van der Waals surface area contributed by atoms with Gasteiger partial charge in [-0.2, -0.15) is 4.98 Å². The lowest BCUT2D eigenvalue weighted by molar-refractivity contribution is 0.187. The molecule has 1 fully saturated rings. The van der Waals surface area contributed by atoms with Crippen molar-refractivity contribution in [3.8, 4) is 11.5 Å². The second kappa shape index (κ2) is 9.74. The first kappa shape index (κ1) is 21.6. The number of aromatic nitrogens is 3. The number of hydrogen-bond acceptors (Lipinski definition) is 6. The summed E-state index contributed by atoms with van der Waals surface area (Å²) >= 11 is 0. The van der Waals surface area contributed by atoms with E-state index >= 15 is 0 Å². The van der Waals surface area contributed by atoms with Gasteiger partial charge in [0.2, 0.25) is 11.7 Å². The molecule has 5 rings (SSSR count). The summed E-state index contributed by atoms with van der Waals surface area (Å²) in [7, 11) is 2.00. The molecule has 3 heterocycles. The van der Waals surface area contributed by atoms with Crippen molar-refractivity contribution < 1.29 is 9.32 Å². The van der Waals surface area contributed by atoms with E-state index in [0.717, 1.165) is 29.9 Å². The summed E-state index contributed by atoms with van der Waals surface area (Å²) in [5.41, 5.74) is 3.45. The molecule has 34 heavy (non-hydrogen) atoms. The molecular weight excluding hydrogens is 428 g/mol. The van der Waals surface area contributed by atoms with Gasteiger partial charge in [0.25, 0.3) is 0 Å². The molecule has 0 aliphatic carbocycles. The lowest BCUT2D eigenvalue weighted by Gasteiger charge is -2.31. The number of nitrogens with zero attached hydrogens (tertiary/aromatic N) is 5. The van der Waals surface area contributed by atoms with Gasteiger partial charge in [0.1, 0.15) is 5.69 Å². The fraction of sp³-hybridized carbons (Fsp3) is 0.231. The number of para-hydroxylation sites is 3. The third kappa shape index (κ3) is 4.61. The zero-order chi connectivity index (χ0) is 23.3. The van der Waals surface area contributed by atoms with Crippen molar-refractivity contribution in [2.24, 2.45) is 0 Å². The van der Waals surface area contributed by atoms with Crippen LogP contribution in [0.3, 0.4) is 0 Å². The monoisotopic (exact) mass is 454 g/mol. The van der Waals surface area contributed by atoms with Crippen LogP contribution in [-0.4, -0.2) is 46.2 Å². The van der Waals surface area contributed by atoms with E-state index in [0.29, 0.717) is 30.5 Å². The molecule has 0 atom stereocenters. The van der Waals surface area contributed by atoms with Gasteiger partial charge in [0.05, 0.1) is 11.4 Å². The van der Waals surface area contributed by atoms with Gasteiger partial charge in [-0.15, -0.1) is 0 Å². The largest absolute Gasteiger partial charge is 0.343 e. The minimum atomic E-state index is -0.105. The van der Waals surface area contributed by atoms with Gasteiger partial charge in [-0.1, -0.05) is 41.6 Å². The summed E-state index contributed by atoms with van der Waals surface area (Å²) in [5, 5.41) is 7.17. The Morgan fingerprint density at radius 1 is 1.00 bits per heavy atom. The average molecular weight is 455 g/mol. The molecule has 1 aliphatic heterocycles. The zero-order valence-electron chi connectivity index (χ0n) is 19.0. The Morgan fingerprint density at radius 3 is 2.50 bits per heavy atom. The highest BCUT2D eigenvalue weighted by atomic mass is 16.5. The van der Waals surface area contributed by atoms with Crippen LogP contribution in [0, 0.1) is 0 Å². The Labute approximate surface area is 198 Å². The van der Waals surface area contributed by atoms with E-state index < -0.39 is 0 Å². The third-order valence-corrected chi connectivity index (χ3v) is 6.12. The summed E-state index contributed by atoms with van der Waals surface area (Å²) in [4.78, 5) is 25.8. The first-order chi connectivity index (χ1) is 16.7. The van der Waals surface area contributed by atoms with E-state index in [2.05, 4.69) is 25.3 Å². The topological polar surface area (TPSA) is 87.4 Å². The molecule has 2 aromatic carbocycles. The number of nitrogens with one attached hydrogen (secondary N) is 1. The number of rotatable bonds is 5. The fourth-order valence-electron chi connectivity index (χ4n) is 4.19. The minimum Gasteiger partial charge on any atom is -0.343 e. The van der Waals surface area contributed by atoms with Crippen LogP contribution in [0.5, 0.6) is 0 Å². The van der Waals surface area contributed by atoms with Crippen LogP contribution in [0.2, 0.25) is 0 Å². The molecule has 2 aromatic heterocycles. The van der Waals surface area contributed by atoms with Crippen LogP contribution < -0.4 is 10.2 Å². The van der Waals surface area contributed by atoms with E-state index in [4.69, 9.17) is 4.52 Å². The van der Waals surface area contributed by atoms with Crippen molar-refractivity contribution in [2.45, 2.75) is 18.8 Å². The molecule has 1 saturated heterocycles. The van der Waals surface area contributed by atoms with Gasteiger partial charge < -0.3 is 19.6 Å². The van der Waals surface area contributed by atoms with Gasteiger partial charge in [0, 0.05) is 37.9 Å². The predicted molar refractivity (Wildman–Crippen MR) is 131 cm³/mol. The van der Waals surface area contributed by atoms with Crippen LogP contribution >= 0.6 is 0 Å². The molecule has 0 bridgehead atoms. The zero-order valence-corrected chi connectivity index (χ0v) is 19.0. The Bertz CT molecular complexity index is 1240. The molecule has 0 radical (unpaired) electrons. The first-order valence-electron chi connectivity index (χ1n) is 11.4. The van der Waals surface area contributed by atoms with Gasteiger partial charge in [-0.05, 0) is 49.2 Å². The number of amides is 2. The summed E-state index contributed by atoms with van der Waals surface area (Å²) in [6.07, 6.45) is 3.24. The molecule has 1 N–H and O–H groups in total. The molecule has 4 aromatic rings. The van der Waals surface area contributed by atoms with E-state index in [-0.39, 0.29) is 11.9 Å². The average Bonchev–Trinajstić information content (AvgIpc) is 3.40. The molecule has 8 nitrogen and oxygen atoms in total. The summed E-state index contributed by atoms with van der Waals surface area (Å²) in [5.74, 6) is 1.23. The van der Waals surface area contributed by atoms with Crippen LogP contribution in [0.1, 0.15) is 24.7 Å². The third-order valence-electron chi connectivity index (χ3n) is 6.12. The van der Waals surface area contributed by atoms with E-state index in [9.17, 15) is 4.79 Å². The standard InChI is InChI=1S/C26H26N6O2/c1-31(20-9-3-2-4-10-20)23-13-6-5-11-21(23)28-26(33)32-17-14-19(15-18-32)25-29-24(30-34-25)22-12-7-8-16-27-22/h2-13,16,19H,14-15,17-18H2,1H3,(H,28,33). The molecule has 2 amide bonds. The number of carbonyl (C=O) groups is 1. The minimum absolute atomic E-state index is 0.105. The number of hydrogen-bond donors (Lipinski definition) is 1. The van der Waals surface area contributed by atoms with E-state index in [1.807, 2.05) is 84.7 Å². The number of pyridine rings is 1. The van der Waals surface area contributed by atoms with Gasteiger partial charge in [-0.25, -0.2) is 4.79 Å². The maximum absolute atomic E-state index is 13.0. The van der Waals surface area contributed by atoms with Crippen LogP contribution in [0.15, 0.2) is 83.5 Å². The Kier molecular flexibility index (Phi) is 6.20. The second-order valence-electron chi connectivity index (χ2n) is 8.27. The normalized spacial score (nSPS) is 14.1. The van der Waals surface area contributed by atoms with Crippen LogP contribution in [0.25, 0.3) is 11.5 Å². The van der Waals surface area contributed by atoms with Crippen molar-refractivity contribution in [1.82, 2.24) is 20.0 Å². The van der Waals surface area contributed by atoms with E-state index in [1.54, 1.807) is 6.20 Å². The number of anilines is 3.